The van der Waals surface area contributed by atoms with Crippen LogP contribution in [0.5, 0.6) is 0 Å². The molecule has 1 aliphatic heterocycles. The number of carbonyl (C=O) groups is 1. The van der Waals surface area contributed by atoms with Gasteiger partial charge in [0.2, 0.25) is 10.0 Å². The van der Waals surface area contributed by atoms with E-state index >= 15 is 0 Å². The maximum Gasteiger partial charge on any atom is 0.252 e. The van der Waals surface area contributed by atoms with Gasteiger partial charge in [-0.2, -0.15) is 4.31 Å². The SMILES string of the molecule is CCS(=O)(=O)CCNC(=O)c1cc(S(=O)(=O)N2CCOCC2)c(Cl)cc1Cl. The van der Waals surface area contributed by atoms with Gasteiger partial charge in [-0.1, -0.05) is 30.1 Å². The third kappa shape index (κ3) is 5.55. The summed E-state index contributed by atoms with van der Waals surface area (Å²) in [6.07, 6.45) is 0. The van der Waals surface area contributed by atoms with Gasteiger partial charge in [-0.25, -0.2) is 16.8 Å². The van der Waals surface area contributed by atoms with Crippen LogP contribution in [0, 0.1) is 0 Å². The minimum atomic E-state index is -3.93. The second kappa shape index (κ2) is 9.06. The third-order valence-corrected chi connectivity index (χ3v) is 8.37. The number of sulfonamides is 1. The Hall–Kier alpha value is -0.910. The first-order valence-corrected chi connectivity index (χ1v) is 12.2. The highest BCUT2D eigenvalue weighted by atomic mass is 35.5. The first kappa shape index (κ1) is 22.4. The number of nitrogens with zero attached hydrogens (tertiary/aromatic N) is 1. The van der Waals surface area contributed by atoms with E-state index in [9.17, 15) is 21.6 Å². The summed E-state index contributed by atoms with van der Waals surface area (Å²) >= 11 is 12.1. The van der Waals surface area contributed by atoms with Gasteiger partial charge in [0.05, 0.1) is 34.6 Å². The Morgan fingerprint density at radius 1 is 1.15 bits per heavy atom. The molecular formula is C15H20Cl2N2O6S2. The lowest BCUT2D eigenvalue weighted by molar-refractivity contribution is 0.0730. The lowest BCUT2D eigenvalue weighted by Gasteiger charge is -2.26. The first-order valence-electron chi connectivity index (χ1n) is 8.14. The van der Waals surface area contributed by atoms with Gasteiger partial charge in [0.1, 0.15) is 4.90 Å². The van der Waals surface area contributed by atoms with E-state index < -0.39 is 25.8 Å². The van der Waals surface area contributed by atoms with Crippen LogP contribution in [0.3, 0.4) is 0 Å². The molecule has 1 saturated heterocycles. The number of nitrogens with one attached hydrogen (secondary N) is 1. The Bertz CT molecular complexity index is 912. The summed E-state index contributed by atoms with van der Waals surface area (Å²) in [6.45, 7) is 2.29. The molecule has 0 spiro atoms. The van der Waals surface area contributed by atoms with Crippen LogP contribution in [0.15, 0.2) is 17.0 Å². The highest BCUT2D eigenvalue weighted by Crippen LogP contribution is 2.31. The summed E-state index contributed by atoms with van der Waals surface area (Å²) < 4.78 is 55.0. The van der Waals surface area contributed by atoms with Crippen molar-refractivity contribution >= 4 is 49.0 Å². The minimum absolute atomic E-state index is 0.0308. The Balaban J connectivity index is 2.26. The topological polar surface area (TPSA) is 110 Å². The Labute approximate surface area is 168 Å². The van der Waals surface area contributed by atoms with Gasteiger partial charge in [-0.15, -0.1) is 0 Å². The summed E-state index contributed by atoms with van der Waals surface area (Å²) in [6, 6.07) is 2.30. The predicted molar refractivity (Wildman–Crippen MR) is 103 cm³/mol. The Morgan fingerprint density at radius 2 is 1.78 bits per heavy atom. The van der Waals surface area contributed by atoms with Crippen LogP contribution < -0.4 is 5.32 Å². The summed E-state index contributed by atoms with van der Waals surface area (Å²) in [5.74, 6) is -0.937. The van der Waals surface area contributed by atoms with Crippen molar-refractivity contribution in [2.45, 2.75) is 11.8 Å². The molecule has 0 atom stereocenters. The molecule has 0 aromatic heterocycles. The molecule has 1 aliphatic rings. The number of benzene rings is 1. The monoisotopic (exact) mass is 458 g/mol. The fraction of sp³-hybridized carbons (Fsp3) is 0.533. The molecule has 1 heterocycles. The average molecular weight is 459 g/mol. The number of rotatable bonds is 7. The summed E-state index contributed by atoms with van der Waals surface area (Å²) in [4.78, 5) is 12.1. The van der Waals surface area contributed by atoms with Crippen LogP contribution in [0.1, 0.15) is 17.3 Å². The fourth-order valence-corrected chi connectivity index (χ4v) is 5.33. The highest BCUT2D eigenvalue weighted by molar-refractivity contribution is 7.91. The van der Waals surface area contributed by atoms with Crippen LogP contribution in [-0.4, -0.2) is 71.4 Å². The van der Waals surface area contributed by atoms with Crippen molar-refractivity contribution in [3.05, 3.63) is 27.7 Å². The maximum absolute atomic E-state index is 12.8. The molecular weight excluding hydrogens is 439 g/mol. The second-order valence-electron chi connectivity index (χ2n) is 5.77. The molecule has 0 unspecified atom stereocenters. The maximum atomic E-state index is 12.8. The van der Waals surface area contributed by atoms with Crippen molar-refractivity contribution in [3.63, 3.8) is 0 Å². The van der Waals surface area contributed by atoms with Crippen LogP contribution in [0.4, 0.5) is 0 Å². The molecule has 1 N–H and O–H groups in total. The van der Waals surface area contributed by atoms with Crippen LogP contribution in [0.2, 0.25) is 10.0 Å². The lowest BCUT2D eigenvalue weighted by atomic mass is 10.2. The van der Waals surface area contributed by atoms with E-state index in [0.29, 0.717) is 0 Å². The summed E-state index contributed by atoms with van der Waals surface area (Å²) in [5.41, 5.74) is -0.0956. The number of hydrogen-bond donors (Lipinski definition) is 1. The molecule has 27 heavy (non-hydrogen) atoms. The number of carbonyl (C=O) groups excluding carboxylic acids is 1. The molecule has 0 aliphatic carbocycles. The van der Waals surface area contributed by atoms with Gasteiger partial charge in [0.25, 0.3) is 5.91 Å². The zero-order valence-electron chi connectivity index (χ0n) is 14.6. The number of sulfone groups is 1. The molecule has 0 bridgehead atoms. The van der Waals surface area contributed by atoms with Gasteiger partial charge in [0, 0.05) is 25.4 Å². The molecule has 12 heteroatoms. The lowest BCUT2D eigenvalue weighted by Crippen LogP contribution is -2.40. The zero-order chi connectivity index (χ0) is 20.2. The van der Waals surface area contributed by atoms with Gasteiger partial charge in [-0.05, 0) is 12.1 Å². The van der Waals surface area contributed by atoms with E-state index in [0.717, 1.165) is 6.07 Å². The summed E-state index contributed by atoms with van der Waals surface area (Å²) in [5, 5.41) is 2.30. The van der Waals surface area contributed by atoms with E-state index in [-0.39, 0.29) is 64.9 Å². The van der Waals surface area contributed by atoms with Crippen molar-refractivity contribution in [2.75, 3.05) is 44.4 Å². The van der Waals surface area contributed by atoms with Gasteiger partial charge in [-0.3, -0.25) is 4.79 Å². The Kier molecular flexibility index (Phi) is 7.51. The third-order valence-electron chi connectivity index (χ3n) is 3.99. The van der Waals surface area contributed by atoms with Crippen molar-refractivity contribution < 1.29 is 26.4 Å². The van der Waals surface area contributed by atoms with Crippen LogP contribution in [-0.2, 0) is 24.6 Å². The van der Waals surface area contributed by atoms with E-state index in [2.05, 4.69) is 5.32 Å². The molecule has 2 rings (SSSR count). The largest absolute Gasteiger partial charge is 0.379 e. The van der Waals surface area contributed by atoms with Crippen molar-refractivity contribution in [1.29, 1.82) is 0 Å². The molecule has 1 aromatic rings. The van der Waals surface area contributed by atoms with Gasteiger partial charge >= 0.3 is 0 Å². The van der Waals surface area contributed by atoms with Gasteiger partial charge in [0.15, 0.2) is 9.84 Å². The average Bonchev–Trinajstić information content (AvgIpc) is 2.62. The molecule has 8 nitrogen and oxygen atoms in total. The predicted octanol–water partition coefficient (Wildman–Crippen LogP) is 1.18. The van der Waals surface area contributed by atoms with Crippen LogP contribution in [0.25, 0.3) is 0 Å². The number of hydrogen-bond acceptors (Lipinski definition) is 6. The summed E-state index contributed by atoms with van der Waals surface area (Å²) in [7, 11) is -7.17. The van der Waals surface area contributed by atoms with E-state index in [1.165, 1.54) is 17.3 Å². The first-order chi connectivity index (χ1) is 12.6. The number of amides is 1. The molecule has 1 amide bonds. The van der Waals surface area contributed by atoms with Crippen molar-refractivity contribution in [3.8, 4) is 0 Å². The standard InChI is InChI=1S/C15H20Cl2N2O6S2/c1-2-26(21,22)8-3-18-15(20)11-9-14(13(17)10-12(11)16)27(23,24)19-4-6-25-7-5-19/h9-10H,2-8H2,1H3,(H,18,20). The quantitative estimate of drug-likeness (QED) is 0.656. The molecule has 152 valence electrons. The van der Waals surface area contributed by atoms with E-state index in [1.54, 1.807) is 0 Å². The van der Waals surface area contributed by atoms with Crippen molar-refractivity contribution in [2.24, 2.45) is 0 Å². The molecule has 1 fully saturated rings. The Morgan fingerprint density at radius 3 is 2.37 bits per heavy atom. The van der Waals surface area contributed by atoms with Gasteiger partial charge < -0.3 is 10.1 Å². The molecule has 0 radical (unpaired) electrons. The molecule has 0 saturated carbocycles. The molecule has 1 aromatic carbocycles. The fourth-order valence-electron chi connectivity index (χ4n) is 2.39. The second-order valence-corrected chi connectivity index (χ2v) is 11.0. The number of morpholine rings is 1. The van der Waals surface area contributed by atoms with E-state index in [4.69, 9.17) is 27.9 Å². The van der Waals surface area contributed by atoms with Crippen LogP contribution >= 0.6 is 23.2 Å². The number of halogens is 2. The highest BCUT2D eigenvalue weighted by Gasteiger charge is 2.30. The van der Waals surface area contributed by atoms with E-state index in [1.807, 2.05) is 0 Å². The normalized spacial score (nSPS) is 16.3. The smallest absolute Gasteiger partial charge is 0.252 e. The van der Waals surface area contributed by atoms with Crippen molar-refractivity contribution in [1.82, 2.24) is 9.62 Å². The number of ether oxygens (including phenoxy) is 1. The zero-order valence-corrected chi connectivity index (χ0v) is 17.7. The minimum Gasteiger partial charge on any atom is -0.379 e.